The number of aromatic carboxylic acids is 1. The first-order valence-electron chi connectivity index (χ1n) is 6.91. The molecule has 1 aromatic heterocycles. The number of carboxylic acids is 1. The molecule has 1 aliphatic carbocycles. The summed E-state index contributed by atoms with van der Waals surface area (Å²) in [6, 6.07) is 5.58. The van der Waals surface area contributed by atoms with Crippen LogP contribution in [0.2, 0.25) is 0 Å². The number of carboxylic acid groups (broad SMARTS) is 1. The number of aromatic nitrogens is 3. The van der Waals surface area contributed by atoms with E-state index in [2.05, 4.69) is 17.2 Å². The van der Waals surface area contributed by atoms with Gasteiger partial charge < -0.3 is 5.11 Å². The largest absolute Gasteiger partial charge is 0.478 e. The van der Waals surface area contributed by atoms with Crippen molar-refractivity contribution in [3.63, 3.8) is 0 Å². The van der Waals surface area contributed by atoms with E-state index in [0.717, 1.165) is 17.7 Å². The van der Waals surface area contributed by atoms with Crippen molar-refractivity contribution in [3.8, 4) is 0 Å². The monoisotopic (exact) mass is 291 g/mol. The zero-order chi connectivity index (χ0) is 14.1. The maximum Gasteiger partial charge on any atom is 0.338 e. The van der Waals surface area contributed by atoms with E-state index in [1.165, 1.54) is 12.8 Å². The zero-order valence-electron chi connectivity index (χ0n) is 11.3. The zero-order valence-corrected chi connectivity index (χ0v) is 12.1. The van der Waals surface area contributed by atoms with Gasteiger partial charge in [0.15, 0.2) is 0 Å². The van der Waals surface area contributed by atoms with E-state index in [-0.39, 0.29) is 5.56 Å². The van der Waals surface area contributed by atoms with Gasteiger partial charge in [0.2, 0.25) is 0 Å². The lowest BCUT2D eigenvalue weighted by atomic mass is 10.1. The molecule has 6 heteroatoms. The van der Waals surface area contributed by atoms with Crippen LogP contribution in [0.4, 0.5) is 0 Å². The summed E-state index contributed by atoms with van der Waals surface area (Å²) in [5.74, 6) is 0.141. The van der Waals surface area contributed by atoms with Crippen LogP contribution in [0.5, 0.6) is 0 Å². The van der Waals surface area contributed by atoms with E-state index in [0.29, 0.717) is 16.8 Å². The van der Waals surface area contributed by atoms with Crippen LogP contribution in [-0.4, -0.2) is 37.1 Å². The van der Waals surface area contributed by atoms with Gasteiger partial charge in [0.25, 0.3) is 0 Å². The molecule has 1 fully saturated rings. The van der Waals surface area contributed by atoms with Crippen molar-refractivity contribution in [2.45, 2.75) is 37.5 Å². The van der Waals surface area contributed by atoms with Gasteiger partial charge in [-0.3, -0.25) is 0 Å². The fraction of sp³-hybridized carbons (Fsp3) is 0.500. The van der Waals surface area contributed by atoms with E-state index in [1.807, 2.05) is 22.5 Å². The molecule has 2 atom stereocenters. The summed E-state index contributed by atoms with van der Waals surface area (Å²) >= 11 is 1.96. The number of hydrogen-bond acceptors (Lipinski definition) is 4. The molecule has 0 radical (unpaired) electrons. The van der Waals surface area contributed by atoms with Gasteiger partial charge in [0, 0.05) is 5.25 Å². The van der Waals surface area contributed by atoms with Gasteiger partial charge in [0.1, 0.15) is 5.52 Å². The van der Waals surface area contributed by atoms with E-state index in [1.54, 1.807) is 12.1 Å². The van der Waals surface area contributed by atoms with Crippen molar-refractivity contribution in [1.82, 2.24) is 15.0 Å². The van der Waals surface area contributed by atoms with Crippen LogP contribution >= 0.6 is 11.8 Å². The topological polar surface area (TPSA) is 68.0 Å². The van der Waals surface area contributed by atoms with Crippen molar-refractivity contribution < 1.29 is 9.90 Å². The summed E-state index contributed by atoms with van der Waals surface area (Å²) in [5.41, 5.74) is 1.55. The summed E-state index contributed by atoms with van der Waals surface area (Å²) in [5, 5.41) is 18.1. The van der Waals surface area contributed by atoms with Crippen LogP contribution in [-0.2, 0) is 0 Å². The van der Waals surface area contributed by atoms with Crippen LogP contribution in [0, 0.1) is 0 Å². The molecule has 2 unspecified atom stereocenters. The summed E-state index contributed by atoms with van der Waals surface area (Å²) in [7, 11) is 0. The molecule has 0 aliphatic heterocycles. The average Bonchev–Trinajstić information content (AvgIpc) is 3.04. The number of thioether (sulfide) groups is 1. The molecule has 0 saturated heterocycles. The average molecular weight is 291 g/mol. The molecule has 1 aromatic carbocycles. The first-order valence-corrected chi connectivity index (χ1v) is 7.96. The second-order valence-corrected chi connectivity index (χ2v) is 6.52. The van der Waals surface area contributed by atoms with Crippen molar-refractivity contribution in [2.75, 3.05) is 5.75 Å². The number of carbonyl (C=O) groups is 1. The van der Waals surface area contributed by atoms with Gasteiger partial charge in [0.05, 0.1) is 17.1 Å². The third-order valence-electron chi connectivity index (χ3n) is 3.85. The number of hydrogen-bond donors (Lipinski definition) is 1. The lowest BCUT2D eigenvalue weighted by Crippen LogP contribution is -2.17. The lowest BCUT2D eigenvalue weighted by Gasteiger charge is -2.19. The second kappa shape index (κ2) is 5.44. The molecule has 20 heavy (non-hydrogen) atoms. The molecule has 1 aliphatic rings. The molecule has 1 heterocycles. The number of fused-ring (bicyclic) bond motifs is 1. The number of nitrogens with zero attached hydrogens (tertiary/aromatic N) is 3. The second-order valence-electron chi connectivity index (χ2n) is 5.00. The molecular formula is C14H17N3O2S. The first-order chi connectivity index (χ1) is 9.72. The minimum atomic E-state index is -0.950. The lowest BCUT2D eigenvalue weighted by molar-refractivity contribution is 0.0699. The minimum Gasteiger partial charge on any atom is -0.478 e. The Hall–Kier alpha value is -1.56. The minimum absolute atomic E-state index is 0.228. The Morgan fingerprint density at radius 2 is 2.35 bits per heavy atom. The Morgan fingerprint density at radius 3 is 3.10 bits per heavy atom. The molecule has 5 nitrogen and oxygen atoms in total. The van der Waals surface area contributed by atoms with Crippen LogP contribution in [0.1, 0.15) is 42.6 Å². The maximum absolute atomic E-state index is 11.2. The Kier molecular flexibility index (Phi) is 3.65. The van der Waals surface area contributed by atoms with Crippen LogP contribution in [0.3, 0.4) is 0 Å². The Morgan fingerprint density at radius 1 is 1.50 bits per heavy atom. The predicted octanol–water partition coefficient (Wildman–Crippen LogP) is 2.98. The Balaban J connectivity index is 2.04. The number of benzene rings is 1. The summed E-state index contributed by atoms with van der Waals surface area (Å²) < 4.78 is 1.93. The fourth-order valence-corrected chi connectivity index (χ4v) is 4.21. The highest BCUT2D eigenvalue weighted by Gasteiger charge is 2.31. The van der Waals surface area contributed by atoms with Crippen molar-refractivity contribution in [3.05, 3.63) is 23.8 Å². The van der Waals surface area contributed by atoms with E-state index < -0.39 is 5.97 Å². The number of rotatable bonds is 4. The van der Waals surface area contributed by atoms with Gasteiger partial charge >= 0.3 is 5.97 Å². The third-order valence-corrected chi connectivity index (χ3v) is 5.16. The highest BCUT2D eigenvalue weighted by molar-refractivity contribution is 7.99. The normalized spacial score (nSPS) is 22.4. The van der Waals surface area contributed by atoms with Crippen molar-refractivity contribution in [1.29, 1.82) is 0 Å². The van der Waals surface area contributed by atoms with Crippen molar-refractivity contribution >= 4 is 28.8 Å². The molecule has 0 amide bonds. The summed E-state index contributed by atoms with van der Waals surface area (Å²) in [4.78, 5) is 11.2. The molecule has 106 valence electrons. The molecule has 1 N–H and O–H groups in total. The van der Waals surface area contributed by atoms with E-state index in [4.69, 9.17) is 0 Å². The van der Waals surface area contributed by atoms with E-state index >= 15 is 0 Å². The molecular weight excluding hydrogens is 274 g/mol. The van der Waals surface area contributed by atoms with Gasteiger partial charge in [-0.25, -0.2) is 9.48 Å². The van der Waals surface area contributed by atoms with Crippen LogP contribution in [0.25, 0.3) is 11.0 Å². The smallest absolute Gasteiger partial charge is 0.338 e. The molecule has 0 bridgehead atoms. The fourth-order valence-electron chi connectivity index (χ4n) is 2.97. The Bertz CT molecular complexity index is 640. The summed E-state index contributed by atoms with van der Waals surface area (Å²) in [6.45, 7) is 2.17. The Labute approximate surface area is 121 Å². The van der Waals surface area contributed by atoms with Gasteiger partial charge in [-0.1, -0.05) is 24.6 Å². The SMILES string of the molecule is CCSC1CCCC1n1nnc2c(C(=O)O)cccc21. The molecule has 1 saturated carbocycles. The van der Waals surface area contributed by atoms with Crippen LogP contribution < -0.4 is 0 Å². The summed E-state index contributed by atoms with van der Waals surface area (Å²) in [6.07, 6.45) is 3.49. The van der Waals surface area contributed by atoms with Gasteiger partial charge in [-0.15, -0.1) is 5.10 Å². The molecule has 0 spiro atoms. The van der Waals surface area contributed by atoms with E-state index in [9.17, 15) is 9.90 Å². The molecule has 3 rings (SSSR count). The maximum atomic E-state index is 11.2. The highest BCUT2D eigenvalue weighted by Crippen LogP contribution is 2.39. The first kappa shape index (κ1) is 13.4. The van der Waals surface area contributed by atoms with Gasteiger partial charge in [-0.2, -0.15) is 11.8 Å². The highest BCUT2D eigenvalue weighted by atomic mass is 32.2. The standard InChI is InChI=1S/C14H17N3O2S/c1-2-20-12-8-4-6-10(12)17-11-7-3-5-9(14(18)19)13(11)15-16-17/h3,5,7,10,12H,2,4,6,8H2,1H3,(H,18,19). The van der Waals surface area contributed by atoms with Gasteiger partial charge in [-0.05, 0) is 30.7 Å². The third kappa shape index (κ3) is 2.18. The molecule has 2 aromatic rings. The quantitative estimate of drug-likeness (QED) is 0.938. The van der Waals surface area contributed by atoms with Crippen molar-refractivity contribution in [2.24, 2.45) is 0 Å². The predicted molar refractivity (Wildman–Crippen MR) is 79.3 cm³/mol. The van der Waals surface area contributed by atoms with Crippen LogP contribution in [0.15, 0.2) is 18.2 Å².